The number of hydrogen-bond acceptors (Lipinski definition) is 1. The maximum absolute atomic E-state index is 15.4. The molecule has 0 heterocycles. The van der Waals surface area contributed by atoms with Crippen molar-refractivity contribution in [3.8, 4) is 5.75 Å². The van der Waals surface area contributed by atoms with Crippen LogP contribution in [0.5, 0.6) is 5.75 Å². The summed E-state index contributed by atoms with van der Waals surface area (Å²) in [4.78, 5) is 0. The fourth-order valence-electron chi connectivity index (χ4n) is 5.72. The Morgan fingerprint density at radius 2 is 1.73 bits per heavy atom. The third kappa shape index (κ3) is 4.10. The standard InChI is InChI=1S/C26H31F3O/c1-3-5-10-30-21-13-20-14-22(27)24(26(29)25(20)23(28)15-21)19-9-8-17-11-16(4-2)6-7-18(17)12-19/h3,5,13-19H,4,6-12H2,1-2H3. The minimum absolute atomic E-state index is 0.0834. The molecule has 4 rings (SSSR count). The maximum Gasteiger partial charge on any atom is 0.140 e. The third-order valence-electron chi connectivity index (χ3n) is 7.38. The van der Waals surface area contributed by atoms with Crippen molar-refractivity contribution in [2.24, 2.45) is 17.8 Å². The van der Waals surface area contributed by atoms with Gasteiger partial charge in [-0.25, -0.2) is 13.2 Å². The molecular weight excluding hydrogens is 385 g/mol. The van der Waals surface area contributed by atoms with Crippen molar-refractivity contribution in [3.63, 3.8) is 0 Å². The van der Waals surface area contributed by atoms with Crippen molar-refractivity contribution in [2.45, 2.75) is 64.7 Å². The molecule has 0 saturated heterocycles. The zero-order valence-electron chi connectivity index (χ0n) is 17.9. The molecule has 0 spiro atoms. The van der Waals surface area contributed by atoms with Crippen molar-refractivity contribution >= 4 is 10.8 Å². The van der Waals surface area contributed by atoms with E-state index in [9.17, 15) is 4.39 Å². The number of benzene rings is 2. The molecule has 0 radical (unpaired) electrons. The molecule has 0 amide bonds. The molecule has 2 aromatic carbocycles. The fraction of sp³-hybridized carbons (Fsp3) is 0.538. The molecule has 30 heavy (non-hydrogen) atoms. The molecule has 0 aliphatic heterocycles. The average molecular weight is 417 g/mol. The Bertz CT molecular complexity index is 936. The summed E-state index contributed by atoms with van der Waals surface area (Å²) in [7, 11) is 0. The van der Waals surface area contributed by atoms with E-state index in [1.807, 2.05) is 13.0 Å². The minimum atomic E-state index is -0.729. The first-order valence-corrected chi connectivity index (χ1v) is 11.4. The lowest BCUT2D eigenvalue weighted by molar-refractivity contribution is 0.115. The van der Waals surface area contributed by atoms with Crippen LogP contribution in [0.15, 0.2) is 30.4 Å². The van der Waals surface area contributed by atoms with Crippen LogP contribution in [0.4, 0.5) is 13.2 Å². The highest BCUT2D eigenvalue weighted by Gasteiger charge is 2.37. The smallest absolute Gasteiger partial charge is 0.140 e. The number of rotatable bonds is 5. The third-order valence-corrected chi connectivity index (χ3v) is 7.38. The predicted octanol–water partition coefficient (Wildman–Crippen LogP) is 7.92. The van der Waals surface area contributed by atoms with Gasteiger partial charge in [-0.05, 0) is 80.2 Å². The van der Waals surface area contributed by atoms with Crippen LogP contribution in [0.3, 0.4) is 0 Å². The van der Waals surface area contributed by atoms with Gasteiger partial charge in [0.1, 0.15) is 29.8 Å². The zero-order valence-corrected chi connectivity index (χ0v) is 17.9. The molecule has 2 aromatic rings. The van der Waals surface area contributed by atoms with Gasteiger partial charge in [-0.1, -0.05) is 31.9 Å². The second kappa shape index (κ2) is 9.03. The molecule has 4 unspecified atom stereocenters. The summed E-state index contributed by atoms with van der Waals surface area (Å²) < 4.78 is 50.7. The Labute approximate surface area is 177 Å². The van der Waals surface area contributed by atoms with Crippen LogP contribution in [0, 0.1) is 35.2 Å². The number of allylic oxidation sites excluding steroid dienone is 1. The Morgan fingerprint density at radius 1 is 0.967 bits per heavy atom. The van der Waals surface area contributed by atoms with Crippen LogP contribution < -0.4 is 4.74 Å². The van der Waals surface area contributed by atoms with Gasteiger partial charge in [-0.3, -0.25) is 0 Å². The van der Waals surface area contributed by atoms with E-state index in [0.29, 0.717) is 11.8 Å². The quantitative estimate of drug-likeness (QED) is 0.450. The van der Waals surface area contributed by atoms with Gasteiger partial charge in [0.15, 0.2) is 0 Å². The van der Waals surface area contributed by atoms with Crippen molar-refractivity contribution < 1.29 is 17.9 Å². The lowest BCUT2D eigenvalue weighted by Crippen LogP contribution is -2.30. The molecule has 0 N–H and O–H groups in total. The van der Waals surface area contributed by atoms with Crippen molar-refractivity contribution in [1.29, 1.82) is 0 Å². The number of fused-ring (bicyclic) bond motifs is 2. The summed E-state index contributed by atoms with van der Waals surface area (Å²) in [6, 6.07) is 3.99. The molecular formula is C26H31F3O. The van der Waals surface area contributed by atoms with Gasteiger partial charge in [-0.15, -0.1) is 0 Å². The van der Waals surface area contributed by atoms with Gasteiger partial charge in [0, 0.05) is 11.6 Å². The second-order valence-electron chi connectivity index (χ2n) is 9.09. The molecule has 2 aliphatic rings. The summed E-state index contributed by atoms with van der Waals surface area (Å²) in [5, 5.41) is 0.0861. The van der Waals surface area contributed by atoms with Crippen molar-refractivity contribution in [3.05, 3.63) is 53.4 Å². The molecule has 4 atom stereocenters. The Morgan fingerprint density at radius 3 is 2.50 bits per heavy atom. The lowest BCUT2D eigenvalue weighted by Gasteiger charge is -2.42. The first kappa shape index (κ1) is 21.3. The van der Waals surface area contributed by atoms with Gasteiger partial charge in [-0.2, -0.15) is 0 Å². The molecule has 2 aliphatic carbocycles. The van der Waals surface area contributed by atoms with Gasteiger partial charge in [0.05, 0.1) is 5.39 Å². The molecule has 4 heteroatoms. The van der Waals surface area contributed by atoms with Crippen LogP contribution in [0.25, 0.3) is 10.8 Å². The predicted molar refractivity (Wildman–Crippen MR) is 115 cm³/mol. The maximum atomic E-state index is 15.4. The highest BCUT2D eigenvalue weighted by molar-refractivity contribution is 5.86. The molecule has 0 bridgehead atoms. The van der Waals surface area contributed by atoms with E-state index in [1.54, 1.807) is 6.08 Å². The van der Waals surface area contributed by atoms with E-state index in [1.165, 1.54) is 37.5 Å². The molecule has 2 saturated carbocycles. The monoisotopic (exact) mass is 416 g/mol. The van der Waals surface area contributed by atoms with Crippen LogP contribution in [0.2, 0.25) is 0 Å². The van der Waals surface area contributed by atoms with Crippen LogP contribution >= 0.6 is 0 Å². The second-order valence-corrected chi connectivity index (χ2v) is 9.09. The Kier molecular flexibility index (Phi) is 6.40. The molecule has 162 valence electrons. The normalized spacial score (nSPS) is 26.8. The van der Waals surface area contributed by atoms with Gasteiger partial charge >= 0.3 is 0 Å². The molecule has 2 fully saturated rings. The zero-order chi connectivity index (χ0) is 21.3. The van der Waals surface area contributed by atoms with E-state index in [0.717, 1.165) is 31.6 Å². The van der Waals surface area contributed by atoms with E-state index < -0.39 is 17.5 Å². The van der Waals surface area contributed by atoms with Crippen molar-refractivity contribution in [1.82, 2.24) is 0 Å². The average Bonchev–Trinajstić information content (AvgIpc) is 2.73. The van der Waals surface area contributed by atoms with E-state index in [2.05, 4.69) is 6.92 Å². The van der Waals surface area contributed by atoms with Crippen molar-refractivity contribution in [2.75, 3.05) is 6.61 Å². The summed E-state index contributed by atoms with van der Waals surface area (Å²) in [6.45, 7) is 4.40. The van der Waals surface area contributed by atoms with Crippen LogP contribution in [0.1, 0.15) is 70.3 Å². The summed E-state index contributed by atoms with van der Waals surface area (Å²) in [6.07, 6.45) is 11.1. The summed E-state index contributed by atoms with van der Waals surface area (Å²) >= 11 is 0. The largest absolute Gasteiger partial charge is 0.489 e. The Balaban J connectivity index is 1.62. The summed E-state index contributed by atoms with van der Waals surface area (Å²) in [5.41, 5.74) is 0.0834. The summed E-state index contributed by atoms with van der Waals surface area (Å²) in [5.74, 6) is 0.142. The Hall–Kier alpha value is -1.97. The number of ether oxygens (including phenoxy) is 1. The van der Waals surface area contributed by atoms with E-state index in [4.69, 9.17) is 4.74 Å². The van der Waals surface area contributed by atoms with E-state index in [-0.39, 0.29) is 34.6 Å². The molecule has 0 aromatic heterocycles. The molecule has 1 nitrogen and oxygen atoms in total. The number of hydrogen-bond donors (Lipinski definition) is 0. The van der Waals surface area contributed by atoms with E-state index >= 15 is 8.78 Å². The van der Waals surface area contributed by atoms with Gasteiger partial charge in [0.2, 0.25) is 0 Å². The fourth-order valence-corrected chi connectivity index (χ4v) is 5.72. The van der Waals surface area contributed by atoms with Gasteiger partial charge in [0.25, 0.3) is 0 Å². The first-order chi connectivity index (χ1) is 14.5. The lowest BCUT2D eigenvalue weighted by atomic mass is 9.63. The highest BCUT2D eigenvalue weighted by Crippen LogP contribution is 2.49. The highest BCUT2D eigenvalue weighted by atomic mass is 19.1. The topological polar surface area (TPSA) is 9.23 Å². The van der Waals surface area contributed by atoms with Gasteiger partial charge < -0.3 is 4.74 Å². The number of halogens is 3. The van der Waals surface area contributed by atoms with Crippen LogP contribution in [-0.4, -0.2) is 6.61 Å². The van der Waals surface area contributed by atoms with Crippen LogP contribution in [-0.2, 0) is 0 Å². The minimum Gasteiger partial charge on any atom is -0.489 e. The SMILES string of the molecule is CC=CCOc1cc(F)c2c(F)c(C3CCC4CC(CC)CCC4C3)c(F)cc2c1. The first-order valence-electron chi connectivity index (χ1n) is 11.4.